The maximum absolute atomic E-state index is 13.2. The van der Waals surface area contributed by atoms with Crippen LogP contribution in [0.4, 0.5) is 17.6 Å². The molecule has 0 spiro atoms. The molecule has 5 rings (SSSR count). The van der Waals surface area contributed by atoms with Crippen molar-refractivity contribution in [2.24, 2.45) is 0 Å². The largest absolute Gasteiger partial charge is 0.341 e. The van der Waals surface area contributed by atoms with Crippen molar-refractivity contribution in [1.82, 2.24) is 25.1 Å². The summed E-state index contributed by atoms with van der Waals surface area (Å²) in [6.07, 6.45) is 11.2. The molecule has 1 aliphatic heterocycles. The molecular formula is C25H37N7O. The van der Waals surface area contributed by atoms with E-state index in [2.05, 4.69) is 26.5 Å². The zero-order valence-electron chi connectivity index (χ0n) is 20.1. The first-order valence-corrected chi connectivity index (χ1v) is 13.0. The number of carbonyl (C=O) groups excluding carboxylic acids is 1. The number of aromatic nitrogens is 4. The number of nitrogens with zero attached hydrogens (tertiary/aromatic N) is 5. The van der Waals surface area contributed by atoms with E-state index < -0.39 is 0 Å². The summed E-state index contributed by atoms with van der Waals surface area (Å²) in [5.41, 5.74) is 3.56. The lowest BCUT2D eigenvalue weighted by atomic mass is 9.96. The number of nitrogens with one attached hydrogen (secondary N) is 2. The van der Waals surface area contributed by atoms with E-state index in [-0.39, 0.29) is 11.9 Å². The fourth-order valence-corrected chi connectivity index (χ4v) is 5.79. The lowest BCUT2D eigenvalue weighted by molar-refractivity contribution is -0.132. The number of likely N-dealkylation sites (N-methyl/N-ethyl adjacent to an activating group) is 1. The van der Waals surface area contributed by atoms with Crippen LogP contribution in [-0.2, 0) is 17.6 Å². The van der Waals surface area contributed by atoms with Crippen molar-refractivity contribution >= 4 is 23.5 Å². The van der Waals surface area contributed by atoms with E-state index >= 15 is 0 Å². The van der Waals surface area contributed by atoms with Crippen LogP contribution in [-0.4, -0.2) is 56.6 Å². The molecule has 2 fully saturated rings. The Kier molecular flexibility index (Phi) is 6.51. The van der Waals surface area contributed by atoms with Gasteiger partial charge in [0.15, 0.2) is 5.82 Å². The Labute approximate surface area is 196 Å². The monoisotopic (exact) mass is 451 g/mol. The summed E-state index contributed by atoms with van der Waals surface area (Å²) in [4.78, 5) is 27.2. The molecule has 178 valence electrons. The molecule has 2 aliphatic carbocycles. The van der Waals surface area contributed by atoms with Gasteiger partial charge in [0.2, 0.25) is 11.9 Å². The summed E-state index contributed by atoms with van der Waals surface area (Å²) in [6.45, 7) is 6.38. The summed E-state index contributed by atoms with van der Waals surface area (Å²) < 4.78 is 0. The first kappa shape index (κ1) is 22.2. The third kappa shape index (κ3) is 4.44. The van der Waals surface area contributed by atoms with E-state index in [9.17, 15) is 4.79 Å². The summed E-state index contributed by atoms with van der Waals surface area (Å²) in [6, 6.07) is 1.98. The fourth-order valence-electron chi connectivity index (χ4n) is 5.79. The zero-order chi connectivity index (χ0) is 22.8. The molecule has 2 N–H and O–H groups in total. The maximum atomic E-state index is 13.2. The Balaban J connectivity index is 1.43. The van der Waals surface area contributed by atoms with Crippen molar-refractivity contribution in [2.75, 3.05) is 29.9 Å². The number of hydrogen-bond donors (Lipinski definition) is 2. The minimum absolute atomic E-state index is 0.168. The fraction of sp³-hybridized carbons (Fsp3) is 0.680. The normalized spacial score (nSPS) is 20.8. The van der Waals surface area contributed by atoms with Crippen molar-refractivity contribution < 1.29 is 4.79 Å². The van der Waals surface area contributed by atoms with Crippen molar-refractivity contribution in [3.8, 4) is 0 Å². The van der Waals surface area contributed by atoms with Gasteiger partial charge in [-0.3, -0.25) is 9.89 Å². The van der Waals surface area contributed by atoms with Crippen LogP contribution in [0.15, 0.2) is 6.07 Å². The van der Waals surface area contributed by atoms with Crippen molar-refractivity contribution in [1.29, 1.82) is 0 Å². The van der Waals surface area contributed by atoms with Crippen LogP contribution >= 0.6 is 0 Å². The number of anilines is 3. The minimum Gasteiger partial charge on any atom is -0.341 e. The number of aryl methyl sites for hydroxylation is 1. The molecule has 1 saturated heterocycles. The van der Waals surface area contributed by atoms with Crippen LogP contribution in [0.2, 0.25) is 0 Å². The second-order valence-corrected chi connectivity index (χ2v) is 9.68. The zero-order valence-corrected chi connectivity index (χ0v) is 20.1. The molecule has 0 aromatic carbocycles. The van der Waals surface area contributed by atoms with Crippen molar-refractivity contribution in [3.63, 3.8) is 0 Å². The smallest absolute Gasteiger partial charge is 0.245 e. The second-order valence-electron chi connectivity index (χ2n) is 9.68. The lowest BCUT2D eigenvalue weighted by Gasteiger charge is -2.30. The van der Waals surface area contributed by atoms with Crippen LogP contribution in [0, 0.1) is 0 Å². The van der Waals surface area contributed by atoms with E-state index in [0.29, 0.717) is 11.9 Å². The van der Waals surface area contributed by atoms with Crippen LogP contribution in [0.5, 0.6) is 0 Å². The highest BCUT2D eigenvalue weighted by Gasteiger charge is 2.35. The van der Waals surface area contributed by atoms with Gasteiger partial charge in [-0.2, -0.15) is 10.1 Å². The number of H-pyrrole nitrogens is 1. The average Bonchev–Trinajstić information content (AvgIpc) is 3.61. The van der Waals surface area contributed by atoms with Gasteiger partial charge in [0, 0.05) is 42.9 Å². The summed E-state index contributed by atoms with van der Waals surface area (Å²) in [7, 11) is 0. The highest BCUT2D eigenvalue weighted by atomic mass is 16.2. The first-order valence-electron chi connectivity index (χ1n) is 13.0. The molecule has 0 bridgehead atoms. The quantitative estimate of drug-likeness (QED) is 0.652. The standard InChI is InChI=1S/C25H37N7O/c1-3-31(4-2)24(33)21-14-9-15-32(21)25-26-19-13-8-7-12-18(19)23(28-25)27-22-16-20(29-30-22)17-10-5-6-11-17/h16-17,21H,3-15H2,1-2H3,(H2,26,27,28,29,30)/t21-/m0/s1. The number of aromatic amines is 1. The van der Waals surface area contributed by atoms with Gasteiger partial charge in [0.05, 0.1) is 5.69 Å². The molecule has 3 heterocycles. The Hall–Kier alpha value is -2.64. The topological polar surface area (TPSA) is 90.0 Å². The Morgan fingerprint density at radius 1 is 1.09 bits per heavy atom. The first-order chi connectivity index (χ1) is 16.2. The van der Waals surface area contributed by atoms with Crippen molar-refractivity contribution in [2.45, 2.75) is 90.0 Å². The van der Waals surface area contributed by atoms with Gasteiger partial charge < -0.3 is 15.1 Å². The molecule has 1 amide bonds. The molecule has 0 radical (unpaired) electrons. The van der Waals surface area contributed by atoms with Crippen LogP contribution < -0.4 is 10.2 Å². The molecule has 1 saturated carbocycles. The van der Waals surface area contributed by atoms with Gasteiger partial charge >= 0.3 is 0 Å². The number of carbonyl (C=O) groups is 1. The third-order valence-electron chi connectivity index (χ3n) is 7.68. The molecule has 8 heteroatoms. The minimum atomic E-state index is -0.168. The third-order valence-corrected chi connectivity index (χ3v) is 7.68. The van der Waals surface area contributed by atoms with E-state index in [0.717, 1.165) is 75.5 Å². The predicted octanol–water partition coefficient (Wildman–Crippen LogP) is 4.32. The molecule has 1 atom stereocenters. The van der Waals surface area contributed by atoms with Gasteiger partial charge in [0.25, 0.3) is 0 Å². The van der Waals surface area contributed by atoms with Gasteiger partial charge in [0.1, 0.15) is 11.9 Å². The second kappa shape index (κ2) is 9.69. The molecule has 0 unspecified atom stereocenters. The van der Waals surface area contributed by atoms with E-state index in [1.165, 1.54) is 36.9 Å². The molecule has 33 heavy (non-hydrogen) atoms. The Morgan fingerprint density at radius 3 is 2.67 bits per heavy atom. The molecular weight excluding hydrogens is 414 g/mol. The maximum Gasteiger partial charge on any atom is 0.245 e. The van der Waals surface area contributed by atoms with Gasteiger partial charge in [-0.25, -0.2) is 4.98 Å². The SMILES string of the molecule is CCN(CC)C(=O)[C@@H]1CCCN1c1nc2c(c(Nc3cc(C4CCCC4)[nH]n3)n1)CCCC2. The van der Waals surface area contributed by atoms with Crippen LogP contribution in [0.25, 0.3) is 0 Å². The number of fused-ring (bicyclic) bond motifs is 1. The highest BCUT2D eigenvalue weighted by Crippen LogP contribution is 2.35. The Bertz CT molecular complexity index is 977. The van der Waals surface area contributed by atoms with Gasteiger partial charge in [-0.1, -0.05) is 12.8 Å². The molecule has 2 aromatic heterocycles. The summed E-state index contributed by atoms with van der Waals surface area (Å²) in [5.74, 6) is 3.17. The van der Waals surface area contributed by atoms with Gasteiger partial charge in [-0.05, 0) is 65.2 Å². The highest BCUT2D eigenvalue weighted by molar-refractivity contribution is 5.85. The average molecular weight is 452 g/mol. The van der Waals surface area contributed by atoms with E-state index in [1.807, 2.05) is 18.7 Å². The number of rotatable bonds is 7. The van der Waals surface area contributed by atoms with E-state index in [1.54, 1.807) is 0 Å². The van der Waals surface area contributed by atoms with E-state index in [4.69, 9.17) is 9.97 Å². The summed E-state index contributed by atoms with van der Waals surface area (Å²) >= 11 is 0. The van der Waals surface area contributed by atoms with Gasteiger partial charge in [-0.15, -0.1) is 0 Å². The molecule has 8 nitrogen and oxygen atoms in total. The summed E-state index contributed by atoms with van der Waals surface area (Å²) in [5, 5.41) is 11.3. The van der Waals surface area contributed by atoms with Crippen molar-refractivity contribution in [3.05, 3.63) is 23.0 Å². The molecule has 3 aliphatic rings. The Morgan fingerprint density at radius 2 is 1.88 bits per heavy atom. The van der Waals surface area contributed by atoms with Crippen LogP contribution in [0.1, 0.15) is 88.1 Å². The molecule has 2 aromatic rings. The predicted molar refractivity (Wildman–Crippen MR) is 130 cm³/mol. The lowest BCUT2D eigenvalue weighted by Crippen LogP contribution is -2.46. The van der Waals surface area contributed by atoms with Crippen LogP contribution in [0.3, 0.4) is 0 Å². The number of amides is 1. The number of hydrogen-bond acceptors (Lipinski definition) is 6.